The van der Waals surface area contributed by atoms with Crippen LogP contribution < -0.4 is 94.9 Å². The summed E-state index contributed by atoms with van der Waals surface area (Å²) in [6.45, 7) is 6.90. The molecular weight excluding hydrogens is 1810 g/mol. The first kappa shape index (κ1) is 104. The standard InChI is InChI=1S/C11H17N5O.4C10H15N5O.3C9H13N5O.C8H11N5O/c1-15(2)11-14-13-10(16(11)3)12-7-6-9-5-4-8-17-9;1-14(6-5-8-4-3-7-16-8)10-13-12-9(11)15(10)2;2*1-15(2)10-12-9(13-14-10)11-6-5-8-4-3-7-16-8;1-11-9-12-10(14-13-9)15(2)6-5-8-4-3-7-16-8;1-14(9-11-8(10)12-13-9)5-4-7-3-2-6-15-7;1-14-8(10)12-13-9(14)11-5-4-7-3-2-6-15-7;1-10-8-12-9(14-13-8)11-5-4-7-3-2-6-15-7;9-7-11-8(13-12-7)10-4-3-6-2-1-5-14-6/h4-5,8H,6-7H2,1-3H3,(H,12,13);3-4,7H,5-6H2,1-2H3,(H2,11,12);3*3-4,7H,5-6H2,1-2H3,(H2,11,12,13,14);2-3,6H,4-5H2,1H3,(H3,10,11,12,13);2-3,6H,4-5H2,1H3,(H2,10,12)(H,11,13);2-3,6H,4-5H2,1H3,(H3,10,11,12,13,14);1-2,5H,3-4H2,(H4,9,10,11,12,13). The first-order valence-corrected chi connectivity index (χ1v) is 44.3. The second-order valence-electron chi connectivity index (χ2n) is 30.7. The molecule has 0 aliphatic heterocycles. The summed E-state index contributed by atoms with van der Waals surface area (Å²) in [5, 5.41) is 88.3. The molecule has 0 atom stereocenters. The highest BCUT2D eigenvalue weighted by Gasteiger charge is 2.16. The highest BCUT2D eigenvalue weighted by Crippen LogP contribution is 2.19. The molecule has 18 rings (SSSR count). The Kier molecular flexibility index (Phi) is 42.0. The van der Waals surface area contributed by atoms with Crippen molar-refractivity contribution < 1.29 is 39.8 Å². The summed E-state index contributed by atoms with van der Waals surface area (Å²) in [6, 6.07) is 34.5. The fourth-order valence-corrected chi connectivity index (χ4v) is 11.9. The Labute approximate surface area is 806 Å². The lowest BCUT2D eigenvalue weighted by atomic mass is 10.3. The van der Waals surface area contributed by atoms with Crippen molar-refractivity contribution in [3.63, 3.8) is 0 Å². The second-order valence-corrected chi connectivity index (χ2v) is 30.7. The smallest absolute Gasteiger partial charge is 0.246 e. The molecule has 0 saturated heterocycles. The van der Waals surface area contributed by atoms with Crippen LogP contribution in [0.3, 0.4) is 0 Å². The average molecular weight is 1940 g/mol. The van der Waals surface area contributed by atoms with Crippen molar-refractivity contribution in [3.05, 3.63) is 217 Å². The zero-order valence-electron chi connectivity index (χ0n) is 80.9. The molecule has 0 spiro atoms. The molecule has 18 aromatic heterocycles. The summed E-state index contributed by atoms with van der Waals surface area (Å²) in [5.41, 5.74) is 21.9. The van der Waals surface area contributed by atoms with E-state index in [4.69, 9.17) is 62.7 Å². The van der Waals surface area contributed by atoms with Gasteiger partial charge in [0, 0.05) is 215 Å². The van der Waals surface area contributed by atoms with Crippen molar-refractivity contribution in [3.8, 4) is 0 Å². The largest absolute Gasteiger partial charge is 0.469 e. The Morgan fingerprint density at radius 2 is 0.586 bits per heavy atom. The molecule has 18 heterocycles. The maximum absolute atomic E-state index is 5.61. The zero-order valence-corrected chi connectivity index (χ0v) is 80.9. The van der Waals surface area contributed by atoms with Gasteiger partial charge in [0.2, 0.25) is 107 Å². The maximum atomic E-state index is 5.61. The van der Waals surface area contributed by atoms with Crippen LogP contribution in [0.15, 0.2) is 205 Å². The number of nitrogens with one attached hydrogen (secondary N) is 14. The number of hydrogen-bond acceptors (Lipinski definition) is 45. The van der Waals surface area contributed by atoms with E-state index in [2.05, 4.69) is 164 Å². The van der Waals surface area contributed by atoms with E-state index in [1.165, 1.54) is 0 Å². The van der Waals surface area contributed by atoms with Gasteiger partial charge in [-0.05, 0) is 109 Å². The van der Waals surface area contributed by atoms with Gasteiger partial charge in [0.05, 0.1) is 56.4 Å². The van der Waals surface area contributed by atoms with Crippen LogP contribution in [0.5, 0.6) is 0 Å². The molecule has 140 heavy (non-hydrogen) atoms. The van der Waals surface area contributed by atoms with Gasteiger partial charge in [-0.3, -0.25) is 13.7 Å². The molecule has 54 heteroatoms. The summed E-state index contributed by atoms with van der Waals surface area (Å²) in [4.78, 5) is 36.3. The monoisotopic (exact) mass is 1930 g/mol. The maximum Gasteiger partial charge on any atom is 0.246 e. The third-order valence-electron chi connectivity index (χ3n) is 19.5. The van der Waals surface area contributed by atoms with Gasteiger partial charge < -0.3 is 135 Å². The van der Waals surface area contributed by atoms with Gasteiger partial charge in [0.15, 0.2) is 0 Å². The summed E-state index contributed by atoms with van der Waals surface area (Å²) in [7, 11) is 26.4. The predicted molar refractivity (Wildman–Crippen MR) is 533 cm³/mol. The Hall–Kier alpha value is -17.8. The lowest BCUT2D eigenvalue weighted by Crippen LogP contribution is -2.23. The predicted octanol–water partition coefficient (Wildman–Crippen LogP) is 8.19. The van der Waals surface area contributed by atoms with Crippen molar-refractivity contribution >= 4 is 107 Å². The van der Waals surface area contributed by atoms with Crippen molar-refractivity contribution in [1.82, 2.24) is 135 Å². The minimum absolute atomic E-state index is 0.311. The molecule has 0 aliphatic carbocycles. The first-order chi connectivity index (χ1) is 67.9. The molecule has 0 aromatic carbocycles. The van der Waals surface area contributed by atoms with Crippen LogP contribution >= 0.6 is 0 Å². The SMILES string of the molecule is CN(C)c1n[nH]c(NCCc2ccco2)n1.CN(C)c1n[nH]c(NCCc2ccco2)n1.CN(C)c1nnc(NCCc2ccco2)n1C.CN(CCc1ccco1)c1n[nH]c(N)n1.CN(CCc1ccco1)c1nnc(N)n1C.CNc1n[nH]c(NCCc2ccco2)n1.CNc1nc(N(C)CCc2ccco2)n[nH]1.Cn1c(N)nnc1NCCc1ccco1.Nc1nc(NCCc2ccco2)n[nH]1. The van der Waals surface area contributed by atoms with Crippen molar-refractivity contribution in [2.45, 2.75) is 57.8 Å². The number of furan rings is 9. The number of nitrogen functional groups attached to an aromatic ring is 4. The van der Waals surface area contributed by atoms with Crippen LogP contribution in [-0.4, -0.2) is 272 Å². The number of aromatic nitrogens is 27. The number of H-pyrrole nitrogens is 6. The number of aromatic amines is 6. The molecule has 0 saturated carbocycles. The second kappa shape index (κ2) is 56.4. The first-order valence-electron chi connectivity index (χ1n) is 44.3. The van der Waals surface area contributed by atoms with Gasteiger partial charge in [-0.1, -0.05) is 0 Å². The molecule has 18 aromatic rings. The summed E-state index contributed by atoms with van der Waals surface area (Å²) in [6.07, 6.45) is 22.4. The third kappa shape index (κ3) is 36.2. The van der Waals surface area contributed by atoms with Crippen molar-refractivity contribution in [1.29, 1.82) is 0 Å². The Bertz CT molecular complexity index is 6040. The Morgan fingerprint density at radius 3 is 0.900 bits per heavy atom. The van der Waals surface area contributed by atoms with Gasteiger partial charge >= 0.3 is 0 Å². The molecule has 0 amide bonds. The van der Waals surface area contributed by atoms with Crippen LogP contribution in [0.1, 0.15) is 51.8 Å². The summed E-state index contributed by atoms with van der Waals surface area (Å²) >= 11 is 0. The van der Waals surface area contributed by atoms with Crippen LogP contribution in [0.25, 0.3) is 0 Å². The van der Waals surface area contributed by atoms with Gasteiger partial charge in [-0.15, -0.1) is 61.2 Å². The molecule has 0 fully saturated rings. The number of nitrogens with zero attached hydrogens (tertiary/aromatic N) is 27. The van der Waals surface area contributed by atoms with E-state index >= 15 is 0 Å². The van der Waals surface area contributed by atoms with E-state index in [-0.39, 0.29) is 0 Å². The highest BCUT2D eigenvalue weighted by molar-refractivity contribution is 5.42. The van der Waals surface area contributed by atoms with Gasteiger partial charge in [0.1, 0.15) is 51.8 Å². The highest BCUT2D eigenvalue weighted by atomic mass is 16.4. The summed E-state index contributed by atoms with van der Waals surface area (Å²) < 4.78 is 52.4. The number of anilines is 18. The molecule has 0 aliphatic rings. The van der Waals surface area contributed by atoms with Gasteiger partial charge in [0.25, 0.3) is 0 Å². The van der Waals surface area contributed by atoms with Gasteiger partial charge in [-0.2, -0.15) is 29.9 Å². The van der Waals surface area contributed by atoms with E-state index in [1.807, 2.05) is 228 Å². The van der Waals surface area contributed by atoms with Gasteiger partial charge in [-0.25, -0.2) is 30.6 Å². The topological polar surface area (TPSA) is 680 Å². The summed E-state index contributed by atoms with van der Waals surface area (Å²) in [5.74, 6) is 19.4. The Balaban J connectivity index is 0.000000162. The van der Waals surface area contributed by atoms with Crippen LogP contribution in [0.4, 0.5) is 107 Å². The molecule has 22 N–H and O–H groups in total. The molecule has 0 unspecified atom stereocenters. The quantitative estimate of drug-likeness (QED) is 0.0172. The van der Waals surface area contributed by atoms with Crippen LogP contribution in [-0.2, 0) is 78.9 Å². The molecular formula is C86H127N45O9. The zero-order chi connectivity index (χ0) is 99.6. The van der Waals surface area contributed by atoms with E-state index < -0.39 is 0 Å². The minimum Gasteiger partial charge on any atom is -0.469 e. The van der Waals surface area contributed by atoms with Crippen molar-refractivity contribution in [2.75, 3.05) is 231 Å². The lowest BCUT2D eigenvalue weighted by Gasteiger charge is -2.16. The average Bonchev–Trinajstić information content (AvgIpc) is 1.71. The molecule has 54 nitrogen and oxygen atoms in total. The van der Waals surface area contributed by atoms with Crippen LogP contribution in [0.2, 0.25) is 0 Å². The fourth-order valence-electron chi connectivity index (χ4n) is 11.9. The van der Waals surface area contributed by atoms with E-state index in [9.17, 15) is 0 Å². The van der Waals surface area contributed by atoms with E-state index in [1.54, 1.807) is 79.6 Å². The fraction of sp³-hybridized carbons (Fsp3) is 0.372. The molecule has 0 radical (unpaired) electrons. The number of nitrogens with two attached hydrogens (primary N) is 4. The number of rotatable bonds is 41. The number of likely N-dealkylation sites (N-methyl/N-ethyl adjacent to an activating group) is 3. The van der Waals surface area contributed by atoms with Crippen molar-refractivity contribution in [2.24, 2.45) is 21.1 Å². The van der Waals surface area contributed by atoms with Crippen LogP contribution in [0, 0.1) is 0 Å². The normalized spacial score (nSPS) is 10.4. The molecule has 0 bridgehead atoms. The molecule has 750 valence electrons. The Morgan fingerprint density at radius 1 is 0.279 bits per heavy atom. The number of hydrogen-bond donors (Lipinski definition) is 18. The third-order valence-corrected chi connectivity index (χ3v) is 19.5. The minimum atomic E-state index is 0.311. The van der Waals surface area contributed by atoms with E-state index in [0.717, 1.165) is 180 Å². The van der Waals surface area contributed by atoms with E-state index in [0.29, 0.717) is 95.8 Å². The lowest BCUT2D eigenvalue weighted by molar-refractivity contribution is 0.508.